The molecule has 146 valence electrons. The van der Waals surface area contributed by atoms with Gasteiger partial charge < -0.3 is 25.5 Å². The summed E-state index contributed by atoms with van der Waals surface area (Å²) in [7, 11) is 0. The van der Waals surface area contributed by atoms with Crippen LogP contribution in [0.5, 0.6) is 0 Å². The Morgan fingerprint density at radius 2 is 1.85 bits per heavy atom. The molecule has 27 heavy (non-hydrogen) atoms. The monoisotopic (exact) mass is 375 g/mol. The SMILES string of the molecule is C[C@@H](NC(=O)[C@@H](Cc1c[nH]c2ccccc12)NC(=O)OC(C)(C)C)C(=O)O. The van der Waals surface area contributed by atoms with Gasteiger partial charge >= 0.3 is 12.1 Å². The molecule has 0 aliphatic heterocycles. The quantitative estimate of drug-likeness (QED) is 0.617. The van der Waals surface area contributed by atoms with Gasteiger partial charge in [-0.1, -0.05) is 18.2 Å². The fourth-order valence-electron chi connectivity index (χ4n) is 2.56. The smallest absolute Gasteiger partial charge is 0.408 e. The van der Waals surface area contributed by atoms with Crippen LogP contribution in [0.1, 0.15) is 33.3 Å². The minimum Gasteiger partial charge on any atom is -0.480 e. The molecule has 0 aliphatic carbocycles. The van der Waals surface area contributed by atoms with Crippen molar-refractivity contribution in [2.24, 2.45) is 0 Å². The van der Waals surface area contributed by atoms with E-state index in [1.165, 1.54) is 6.92 Å². The van der Waals surface area contributed by atoms with Crippen molar-refractivity contribution >= 4 is 28.9 Å². The first-order chi connectivity index (χ1) is 12.6. The van der Waals surface area contributed by atoms with Crippen molar-refractivity contribution in [1.82, 2.24) is 15.6 Å². The lowest BCUT2D eigenvalue weighted by Gasteiger charge is -2.24. The van der Waals surface area contributed by atoms with Gasteiger partial charge in [0.2, 0.25) is 5.91 Å². The minimum atomic E-state index is -1.16. The number of rotatable bonds is 6. The molecular formula is C19H25N3O5. The number of ether oxygens (including phenoxy) is 1. The van der Waals surface area contributed by atoms with Crippen molar-refractivity contribution < 1.29 is 24.2 Å². The Bertz CT molecular complexity index is 837. The van der Waals surface area contributed by atoms with Gasteiger partial charge in [0, 0.05) is 23.5 Å². The Hall–Kier alpha value is -3.03. The number of hydrogen-bond acceptors (Lipinski definition) is 4. The van der Waals surface area contributed by atoms with Gasteiger partial charge in [-0.25, -0.2) is 4.79 Å². The molecule has 2 atom stereocenters. The Labute approximate surface area is 157 Å². The molecule has 2 rings (SSSR count). The molecule has 2 amide bonds. The van der Waals surface area contributed by atoms with Gasteiger partial charge in [-0.3, -0.25) is 9.59 Å². The maximum atomic E-state index is 12.6. The first-order valence-electron chi connectivity index (χ1n) is 8.64. The van der Waals surface area contributed by atoms with Crippen LogP contribution in [-0.2, 0) is 20.7 Å². The second-order valence-corrected chi connectivity index (χ2v) is 7.33. The van der Waals surface area contributed by atoms with Crippen LogP contribution in [0, 0.1) is 0 Å². The van der Waals surface area contributed by atoms with Gasteiger partial charge in [0.15, 0.2) is 0 Å². The van der Waals surface area contributed by atoms with Crippen LogP contribution in [0.25, 0.3) is 10.9 Å². The zero-order valence-corrected chi connectivity index (χ0v) is 15.8. The number of amides is 2. The summed E-state index contributed by atoms with van der Waals surface area (Å²) in [6, 6.07) is 5.51. The summed E-state index contributed by atoms with van der Waals surface area (Å²) < 4.78 is 5.22. The van der Waals surface area contributed by atoms with Crippen molar-refractivity contribution in [1.29, 1.82) is 0 Å². The maximum Gasteiger partial charge on any atom is 0.408 e. The summed E-state index contributed by atoms with van der Waals surface area (Å²) in [5.41, 5.74) is 1.01. The Balaban J connectivity index is 2.21. The fourth-order valence-corrected chi connectivity index (χ4v) is 2.56. The van der Waals surface area contributed by atoms with Crippen LogP contribution in [0.3, 0.4) is 0 Å². The second-order valence-electron chi connectivity index (χ2n) is 7.33. The number of nitrogens with one attached hydrogen (secondary N) is 3. The zero-order valence-electron chi connectivity index (χ0n) is 15.8. The highest BCUT2D eigenvalue weighted by atomic mass is 16.6. The van der Waals surface area contributed by atoms with Gasteiger partial charge in [0.05, 0.1) is 0 Å². The van der Waals surface area contributed by atoms with Crippen LogP contribution in [0.4, 0.5) is 4.79 Å². The number of para-hydroxylation sites is 1. The molecular weight excluding hydrogens is 350 g/mol. The minimum absolute atomic E-state index is 0.182. The van der Waals surface area contributed by atoms with Crippen molar-refractivity contribution in [3.05, 3.63) is 36.0 Å². The van der Waals surface area contributed by atoms with E-state index in [9.17, 15) is 14.4 Å². The normalized spacial score (nSPS) is 13.6. The predicted molar refractivity (Wildman–Crippen MR) is 100 cm³/mol. The Morgan fingerprint density at radius 1 is 1.19 bits per heavy atom. The molecule has 1 aromatic heterocycles. The topological polar surface area (TPSA) is 121 Å². The molecule has 0 saturated heterocycles. The Morgan fingerprint density at radius 3 is 2.48 bits per heavy atom. The van der Waals surface area contributed by atoms with E-state index in [4.69, 9.17) is 9.84 Å². The third-order valence-corrected chi connectivity index (χ3v) is 3.84. The van der Waals surface area contributed by atoms with E-state index in [1.807, 2.05) is 24.3 Å². The van der Waals surface area contributed by atoms with E-state index in [0.717, 1.165) is 16.5 Å². The lowest BCUT2D eigenvalue weighted by atomic mass is 10.0. The van der Waals surface area contributed by atoms with Gasteiger partial charge in [0.25, 0.3) is 0 Å². The number of alkyl carbamates (subject to hydrolysis) is 1. The highest BCUT2D eigenvalue weighted by molar-refractivity contribution is 5.90. The number of carboxylic acid groups (broad SMARTS) is 1. The third-order valence-electron chi connectivity index (χ3n) is 3.84. The summed E-state index contributed by atoms with van der Waals surface area (Å²) in [6.45, 7) is 6.51. The molecule has 0 fully saturated rings. The summed E-state index contributed by atoms with van der Waals surface area (Å²) in [6.07, 6.45) is 1.20. The number of H-pyrrole nitrogens is 1. The number of carbonyl (C=O) groups excluding carboxylic acids is 2. The van der Waals surface area contributed by atoms with Crippen LogP contribution in [-0.4, -0.2) is 45.7 Å². The van der Waals surface area contributed by atoms with Gasteiger partial charge in [-0.15, -0.1) is 0 Å². The summed E-state index contributed by atoms with van der Waals surface area (Å²) in [5, 5.41) is 14.9. The number of carbonyl (C=O) groups is 3. The van der Waals surface area contributed by atoms with Crippen LogP contribution >= 0.6 is 0 Å². The van der Waals surface area contributed by atoms with E-state index in [0.29, 0.717) is 0 Å². The number of carboxylic acids is 1. The standard InChI is InChI=1S/C19H25N3O5/c1-11(17(24)25)21-16(23)15(22-18(26)27-19(2,3)4)9-12-10-20-14-8-6-5-7-13(12)14/h5-8,10-11,15,20H,9H2,1-4H3,(H,21,23)(H,22,26)(H,24,25)/t11-,15-/m1/s1. The van der Waals surface area contributed by atoms with E-state index < -0.39 is 35.7 Å². The van der Waals surface area contributed by atoms with E-state index in [-0.39, 0.29) is 6.42 Å². The molecule has 0 radical (unpaired) electrons. The van der Waals surface area contributed by atoms with Gasteiger partial charge in [-0.05, 0) is 39.3 Å². The van der Waals surface area contributed by atoms with E-state index >= 15 is 0 Å². The first-order valence-corrected chi connectivity index (χ1v) is 8.64. The number of fused-ring (bicyclic) bond motifs is 1. The van der Waals surface area contributed by atoms with E-state index in [1.54, 1.807) is 27.0 Å². The average molecular weight is 375 g/mol. The molecule has 1 aromatic carbocycles. The zero-order chi connectivity index (χ0) is 20.2. The summed E-state index contributed by atoms with van der Waals surface area (Å²) in [5.74, 6) is -1.76. The molecule has 0 spiro atoms. The summed E-state index contributed by atoms with van der Waals surface area (Å²) in [4.78, 5) is 38.9. The molecule has 8 nitrogen and oxygen atoms in total. The molecule has 8 heteroatoms. The first kappa shape index (κ1) is 20.3. The van der Waals surface area contributed by atoms with Gasteiger partial charge in [0.1, 0.15) is 17.7 Å². The lowest BCUT2D eigenvalue weighted by molar-refractivity contribution is -0.141. The Kier molecular flexibility index (Phi) is 6.09. The number of aliphatic carboxylic acids is 1. The number of aromatic amines is 1. The largest absolute Gasteiger partial charge is 0.480 e. The molecule has 4 N–H and O–H groups in total. The molecule has 0 aliphatic rings. The lowest BCUT2D eigenvalue weighted by Crippen LogP contribution is -2.52. The van der Waals surface area contributed by atoms with Crippen LogP contribution in [0.15, 0.2) is 30.5 Å². The molecule has 0 unspecified atom stereocenters. The van der Waals surface area contributed by atoms with Crippen molar-refractivity contribution in [3.8, 4) is 0 Å². The number of hydrogen-bond donors (Lipinski definition) is 4. The van der Waals surface area contributed by atoms with Crippen molar-refractivity contribution in [3.63, 3.8) is 0 Å². The second kappa shape index (κ2) is 8.11. The average Bonchev–Trinajstić information content (AvgIpc) is 2.95. The van der Waals surface area contributed by atoms with Gasteiger partial charge in [-0.2, -0.15) is 0 Å². The molecule has 0 bridgehead atoms. The summed E-state index contributed by atoms with van der Waals surface area (Å²) >= 11 is 0. The fraction of sp³-hybridized carbons (Fsp3) is 0.421. The molecule has 1 heterocycles. The van der Waals surface area contributed by atoms with Crippen LogP contribution < -0.4 is 10.6 Å². The number of benzene rings is 1. The number of aromatic nitrogens is 1. The molecule has 2 aromatic rings. The maximum absolute atomic E-state index is 12.6. The van der Waals surface area contributed by atoms with E-state index in [2.05, 4.69) is 15.6 Å². The predicted octanol–water partition coefficient (Wildman–Crippen LogP) is 2.19. The highest BCUT2D eigenvalue weighted by Crippen LogP contribution is 2.19. The highest BCUT2D eigenvalue weighted by Gasteiger charge is 2.27. The molecule has 0 saturated carbocycles. The van der Waals surface area contributed by atoms with Crippen LogP contribution in [0.2, 0.25) is 0 Å². The van der Waals surface area contributed by atoms with Crippen molar-refractivity contribution in [2.75, 3.05) is 0 Å². The third kappa shape index (κ3) is 5.73. The van der Waals surface area contributed by atoms with Crippen molar-refractivity contribution in [2.45, 2.75) is 51.8 Å².